The molecule has 20 heavy (non-hydrogen) atoms. The lowest BCUT2D eigenvalue weighted by molar-refractivity contribution is 0.578. The van der Waals surface area contributed by atoms with E-state index in [0.29, 0.717) is 22.7 Å². The fraction of sp³-hybridized carbons (Fsp3) is 0.500. The molecule has 0 aliphatic heterocycles. The van der Waals surface area contributed by atoms with Crippen LogP contribution >= 0.6 is 11.6 Å². The molecule has 114 valence electrons. The van der Waals surface area contributed by atoms with Gasteiger partial charge in [-0.25, -0.2) is 13.1 Å². The summed E-state index contributed by atoms with van der Waals surface area (Å²) < 4.78 is 37.9. The van der Waals surface area contributed by atoms with Gasteiger partial charge in [-0.05, 0) is 31.0 Å². The summed E-state index contributed by atoms with van der Waals surface area (Å²) in [6.45, 7) is 3.75. The lowest BCUT2D eigenvalue weighted by Crippen LogP contribution is -2.27. The van der Waals surface area contributed by atoms with Crippen LogP contribution in [0.25, 0.3) is 0 Å². The zero-order valence-corrected chi connectivity index (χ0v) is 14.0. The lowest BCUT2D eigenvalue weighted by atomic mass is 10.2. The highest BCUT2D eigenvalue weighted by atomic mass is 35.5. The summed E-state index contributed by atoms with van der Waals surface area (Å²) in [5, 5.41) is 0.248. The fourth-order valence-corrected chi connectivity index (χ4v) is 3.32. The maximum Gasteiger partial charge on any atom is 0.240 e. The lowest BCUT2D eigenvalue weighted by Gasteiger charge is -2.11. The van der Waals surface area contributed by atoms with E-state index in [0.717, 1.165) is 0 Å². The first-order valence-corrected chi connectivity index (χ1v) is 9.51. The molecule has 1 rings (SSSR count). The highest BCUT2D eigenvalue weighted by molar-refractivity contribution is 7.89. The van der Waals surface area contributed by atoms with E-state index in [1.165, 1.54) is 12.1 Å². The van der Waals surface area contributed by atoms with E-state index < -0.39 is 20.8 Å². The van der Waals surface area contributed by atoms with Crippen LogP contribution in [0.3, 0.4) is 0 Å². The summed E-state index contributed by atoms with van der Waals surface area (Å²) in [4.78, 5) is 0.0378. The zero-order valence-electron chi connectivity index (χ0n) is 11.6. The van der Waals surface area contributed by atoms with Crippen LogP contribution in [-0.2, 0) is 20.8 Å². The van der Waals surface area contributed by atoms with Crippen molar-refractivity contribution in [2.75, 3.05) is 18.5 Å². The smallest absolute Gasteiger partial charge is 0.240 e. The third-order valence-electron chi connectivity index (χ3n) is 3.08. The van der Waals surface area contributed by atoms with Crippen molar-refractivity contribution >= 4 is 38.1 Å². The Hall–Kier alpha value is -0.630. The molecule has 0 heterocycles. The van der Waals surface area contributed by atoms with Crippen LogP contribution in [0.4, 0.5) is 5.69 Å². The summed E-state index contributed by atoms with van der Waals surface area (Å²) >= 11 is 5.94. The second-order valence-corrected chi connectivity index (χ2v) is 8.59. The Balaban J connectivity index is 2.82. The first-order chi connectivity index (χ1) is 9.15. The van der Waals surface area contributed by atoms with Crippen molar-refractivity contribution < 1.29 is 12.6 Å². The molecule has 0 spiro atoms. The number of nitrogens with two attached hydrogens (primary N) is 1. The molecule has 0 saturated heterocycles. The van der Waals surface area contributed by atoms with Gasteiger partial charge in [0.05, 0.1) is 4.90 Å². The number of nitrogen functional groups attached to an aromatic ring is 1. The third-order valence-corrected chi connectivity index (χ3v) is 6.28. The van der Waals surface area contributed by atoms with Crippen molar-refractivity contribution in [1.82, 2.24) is 4.72 Å². The molecule has 2 unspecified atom stereocenters. The Labute approximate surface area is 127 Å². The molecule has 0 saturated carbocycles. The van der Waals surface area contributed by atoms with Crippen LogP contribution in [0.5, 0.6) is 0 Å². The maximum atomic E-state index is 12.1. The standard InChI is InChI=1S/C12H19ClN2O3S2/c1-8(19(3)16)4-5-15-20(17,18)10-6-11(13)9(2)12(14)7-10/h6-8,15H,4-5,14H2,1-3H3. The largest absolute Gasteiger partial charge is 0.398 e. The fourth-order valence-electron chi connectivity index (χ4n) is 1.48. The predicted molar refractivity (Wildman–Crippen MR) is 83.9 cm³/mol. The highest BCUT2D eigenvalue weighted by Crippen LogP contribution is 2.25. The van der Waals surface area contributed by atoms with Gasteiger partial charge in [0.25, 0.3) is 0 Å². The molecule has 2 atom stereocenters. The minimum Gasteiger partial charge on any atom is -0.398 e. The van der Waals surface area contributed by atoms with Crippen LogP contribution in [0.15, 0.2) is 17.0 Å². The van der Waals surface area contributed by atoms with Crippen molar-refractivity contribution in [3.05, 3.63) is 22.7 Å². The summed E-state index contributed by atoms with van der Waals surface area (Å²) in [5.41, 5.74) is 6.71. The number of halogens is 1. The molecule has 3 N–H and O–H groups in total. The molecular weight excluding hydrogens is 320 g/mol. The Morgan fingerprint density at radius 3 is 2.55 bits per heavy atom. The molecule has 0 fully saturated rings. The van der Waals surface area contributed by atoms with Crippen LogP contribution < -0.4 is 10.5 Å². The second kappa shape index (κ2) is 6.89. The minimum atomic E-state index is -3.66. The van der Waals surface area contributed by atoms with Crippen LogP contribution in [-0.4, -0.2) is 30.7 Å². The number of sulfonamides is 1. The molecule has 8 heteroatoms. The van der Waals surface area contributed by atoms with Gasteiger partial charge >= 0.3 is 0 Å². The predicted octanol–water partition coefficient (Wildman–Crippen LogP) is 1.67. The van der Waals surface area contributed by atoms with Gasteiger partial charge < -0.3 is 5.73 Å². The van der Waals surface area contributed by atoms with Crippen molar-refractivity contribution in [2.24, 2.45) is 0 Å². The normalized spacial score (nSPS) is 15.0. The zero-order chi connectivity index (χ0) is 15.5. The van der Waals surface area contributed by atoms with Gasteiger partial charge in [0.15, 0.2) is 0 Å². The van der Waals surface area contributed by atoms with Crippen molar-refractivity contribution in [1.29, 1.82) is 0 Å². The molecule has 0 amide bonds. The first-order valence-electron chi connectivity index (χ1n) is 6.02. The van der Waals surface area contributed by atoms with E-state index in [2.05, 4.69) is 4.72 Å². The molecule has 0 radical (unpaired) electrons. The van der Waals surface area contributed by atoms with E-state index in [4.69, 9.17) is 17.3 Å². The van der Waals surface area contributed by atoms with E-state index in [-0.39, 0.29) is 16.7 Å². The van der Waals surface area contributed by atoms with Crippen LogP contribution in [0.1, 0.15) is 18.9 Å². The van der Waals surface area contributed by atoms with E-state index in [9.17, 15) is 12.6 Å². The van der Waals surface area contributed by atoms with E-state index >= 15 is 0 Å². The van der Waals surface area contributed by atoms with Crippen molar-refractivity contribution in [3.63, 3.8) is 0 Å². The average Bonchev–Trinajstić information content (AvgIpc) is 2.34. The highest BCUT2D eigenvalue weighted by Gasteiger charge is 2.17. The maximum absolute atomic E-state index is 12.1. The van der Waals surface area contributed by atoms with Gasteiger partial charge in [-0.2, -0.15) is 0 Å². The number of benzene rings is 1. The van der Waals surface area contributed by atoms with Crippen LogP contribution in [0, 0.1) is 6.92 Å². The number of hydrogen-bond donors (Lipinski definition) is 2. The van der Waals surface area contributed by atoms with Gasteiger partial charge in [0.1, 0.15) is 0 Å². The minimum absolute atomic E-state index is 0.0378. The molecule has 1 aromatic rings. The van der Waals surface area contributed by atoms with Gasteiger partial charge in [0.2, 0.25) is 10.0 Å². The Kier molecular flexibility index (Phi) is 6.00. The summed E-state index contributed by atoms with van der Waals surface area (Å²) in [6.07, 6.45) is 2.09. The second-order valence-electron chi connectivity index (χ2n) is 4.61. The van der Waals surface area contributed by atoms with Gasteiger partial charge in [-0.1, -0.05) is 18.5 Å². The summed E-state index contributed by atoms with van der Waals surface area (Å²) in [5.74, 6) is 0. The number of rotatable bonds is 6. The van der Waals surface area contributed by atoms with Gasteiger partial charge in [-0.3, -0.25) is 4.21 Å². The summed E-state index contributed by atoms with van der Waals surface area (Å²) in [7, 11) is -4.63. The topological polar surface area (TPSA) is 89.3 Å². The number of hydrogen-bond acceptors (Lipinski definition) is 4. The molecule has 0 aromatic heterocycles. The van der Waals surface area contributed by atoms with Crippen LogP contribution in [0.2, 0.25) is 5.02 Å². The third kappa shape index (κ3) is 4.44. The Bertz CT molecular complexity index is 594. The Morgan fingerprint density at radius 2 is 2.05 bits per heavy atom. The monoisotopic (exact) mass is 338 g/mol. The molecule has 1 aromatic carbocycles. The quantitative estimate of drug-likeness (QED) is 0.772. The number of anilines is 1. The Morgan fingerprint density at radius 1 is 1.45 bits per heavy atom. The van der Waals surface area contributed by atoms with Crippen molar-refractivity contribution in [3.8, 4) is 0 Å². The van der Waals surface area contributed by atoms with E-state index in [1.807, 2.05) is 6.92 Å². The van der Waals surface area contributed by atoms with Gasteiger partial charge in [-0.15, -0.1) is 0 Å². The molecule has 0 aliphatic carbocycles. The first kappa shape index (κ1) is 17.4. The number of nitrogens with one attached hydrogen (secondary N) is 1. The molecular formula is C12H19ClN2O3S2. The van der Waals surface area contributed by atoms with E-state index in [1.54, 1.807) is 13.2 Å². The average molecular weight is 339 g/mol. The molecule has 0 bridgehead atoms. The van der Waals surface area contributed by atoms with Crippen molar-refractivity contribution in [2.45, 2.75) is 30.4 Å². The SMILES string of the molecule is Cc1c(N)cc(S(=O)(=O)NCCC(C)S(C)=O)cc1Cl. The summed E-state index contributed by atoms with van der Waals surface area (Å²) in [6, 6.07) is 2.75. The molecule has 0 aliphatic rings. The molecule has 5 nitrogen and oxygen atoms in total. The van der Waals surface area contributed by atoms with Gasteiger partial charge in [0, 0.05) is 39.6 Å².